The minimum absolute atomic E-state index is 0.00951. The van der Waals surface area contributed by atoms with E-state index in [-0.39, 0.29) is 4.90 Å². The first-order valence-corrected chi connectivity index (χ1v) is 12.5. The molecule has 1 N–H and O–H groups in total. The van der Waals surface area contributed by atoms with Crippen LogP contribution in [0.25, 0.3) is 0 Å². The first-order valence-electron chi connectivity index (χ1n) is 9.47. The number of amides is 1. The van der Waals surface area contributed by atoms with E-state index in [1.807, 2.05) is 6.92 Å². The Morgan fingerprint density at radius 1 is 1.03 bits per heavy atom. The Balaban J connectivity index is 1.93. The molecular formula is C22H19BrCl2N2O4S. The molecule has 0 bridgehead atoms. The van der Waals surface area contributed by atoms with E-state index in [9.17, 15) is 13.2 Å². The van der Waals surface area contributed by atoms with Crippen molar-refractivity contribution in [1.29, 1.82) is 0 Å². The maximum atomic E-state index is 13.4. The second kappa shape index (κ2) is 10.6. The molecule has 0 aliphatic heterocycles. The van der Waals surface area contributed by atoms with Gasteiger partial charge in [-0.1, -0.05) is 23.2 Å². The maximum Gasteiger partial charge on any atom is 0.264 e. The molecule has 0 saturated heterocycles. The van der Waals surface area contributed by atoms with Crippen LogP contribution in [-0.2, 0) is 14.8 Å². The molecule has 0 heterocycles. The number of sulfonamides is 1. The maximum absolute atomic E-state index is 13.4. The van der Waals surface area contributed by atoms with Crippen molar-refractivity contribution >= 4 is 66.4 Å². The summed E-state index contributed by atoms with van der Waals surface area (Å²) in [4.78, 5) is 12.8. The fraction of sp³-hybridized carbons (Fsp3) is 0.136. The summed E-state index contributed by atoms with van der Waals surface area (Å²) in [6.07, 6.45) is 0. The number of carbonyl (C=O) groups is 1. The smallest absolute Gasteiger partial charge is 0.264 e. The van der Waals surface area contributed by atoms with Crippen LogP contribution >= 0.6 is 39.1 Å². The van der Waals surface area contributed by atoms with Gasteiger partial charge in [0.05, 0.1) is 22.2 Å². The van der Waals surface area contributed by atoms with E-state index in [1.54, 1.807) is 42.5 Å². The Hall–Kier alpha value is -2.26. The summed E-state index contributed by atoms with van der Waals surface area (Å²) in [7, 11) is -4.06. The van der Waals surface area contributed by atoms with E-state index in [2.05, 4.69) is 21.2 Å². The summed E-state index contributed by atoms with van der Waals surface area (Å²) >= 11 is 15.3. The molecule has 0 fully saturated rings. The third-order valence-electron chi connectivity index (χ3n) is 4.33. The molecule has 0 unspecified atom stereocenters. The molecule has 0 aromatic heterocycles. The SMILES string of the molecule is CCOc1ccc(N(CC(=O)Nc2ccc(Br)c(Cl)c2)S(=O)(=O)c2ccc(Cl)cc2)cc1. The number of halogens is 3. The molecule has 0 spiro atoms. The van der Waals surface area contributed by atoms with Gasteiger partial charge in [-0.15, -0.1) is 0 Å². The van der Waals surface area contributed by atoms with Crippen molar-refractivity contribution in [3.8, 4) is 5.75 Å². The summed E-state index contributed by atoms with van der Waals surface area (Å²) in [5.74, 6) is 0.0591. The van der Waals surface area contributed by atoms with Crippen LogP contribution in [0.4, 0.5) is 11.4 Å². The third kappa shape index (κ3) is 5.95. The Morgan fingerprint density at radius 2 is 1.69 bits per heavy atom. The van der Waals surface area contributed by atoms with Crippen LogP contribution < -0.4 is 14.4 Å². The summed E-state index contributed by atoms with van der Waals surface area (Å²) < 4.78 is 33.9. The molecule has 3 rings (SSSR count). The highest BCUT2D eigenvalue weighted by atomic mass is 79.9. The first-order chi connectivity index (χ1) is 15.2. The van der Waals surface area contributed by atoms with E-state index >= 15 is 0 Å². The molecule has 1 amide bonds. The van der Waals surface area contributed by atoms with Gasteiger partial charge < -0.3 is 10.1 Å². The average molecular weight is 558 g/mol. The van der Waals surface area contributed by atoms with Crippen molar-refractivity contribution in [1.82, 2.24) is 0 Å². The highest BCUT2D eigenvalue weighted by Gasteiger charge is 2.27. The first kappa shape index (κ1) is 24.4. The predicted molar refractivity (Wildman–Crippen MR) is 131 cm³/mol. The Bertz CT molecular complexity index is 1200. The Morgan fingerprint density at radius 3 is 2.28 bits per heavy atom. The lowest BCUT2D eigenvalue weighted by molar-refractivity contribution is -0.114. The number of ether oxygens (including phenoxy) is 1. The number of nitrogens with zero attached hydrogens (tertiary/aromatic N) is 1. The highest BCUT2D eigenvalue weighted by Crippen LogP contribution is 2.28. The zero-order valence-electron chi connectivity index (χ0n) is 16.9. The van der Waals surface area contributed by atoms with E-state index in [0.29, 0.717) is 38.2 Å². The summed E-state index contributed by atoms with van der Waals surface area (Å²) in [6.45, 7) is 1.88. The lowest BCUT2D eigenvalue weighted by Crippen LogP contribution is -2.38. The fourth-order valence-corrected chi connectivity index (χ4v) is 4.80. The van der Waals surface area contributed by atoms with Crippen molar-refractivity contribution in [2.45, 2.75) is 11.8 Å². The third-order valence-corrected chi connectivity index (χ3v) is 7.60. The molecule has 0 radical (unpaired) electrons. The van der Waals surface area contributed by atoms with Crippen LogP contribution in [0.15, 0.2) is 76.1 Å². The van der Waals surface area contributed by atoms with Gasteiger partial charge in [-0.3, -0.25) is 9.10 Å². The van der Waals surface area contributed by atoms with E-state index in [1.165, 1.54) is 24.3 Å². The van der Waals surface area contributed by atoms with Gasteiger partial charge >= 0.3 is 0 Å². The number of carbonyl (C=O) groups excluding carboxylic acids is 1. The van der Waals surface area contributed by atoms with Gasteiger partial charge in [-0.25, -0.2) is 8.42 Å². The predicted octanol–water partition coefficient (Wildman–Crippen LogP) is 5.99. The molecule has 10 heteroatoms. The summed E-state index contributed by atoms with van der Waals surface area (Å²) in [6, 6.07) is 17.1. The fourth-order valence-electron chi connectivity index (χ4n) is 2.83. The highest BCUT2D eigenvalue weighted by molar-refractivity contribution is 9.10. The van der Waals surface area contributed by atoms with Gasteiger partial charge in [-0.2, -0.15) is 0 Å². The zero-order valence-corrected chi connectivity index (χ0v) is 20.8. The Labute approximate surface area is 205 Å². The van der Waals surface area contributed by atoms with Crippen molar-refractivity contribution < 1.29 is 17.9 Å². The molecule has 0 saturated carbocycles. The van der Waals surface area contributed by atoms with E-state index < -0.39 is 22.5 Å². The molecule has 0 atom stereocenters. The van der Waals surface area contributed by atoms with Crippen molar-refractivity contribution in [2.24, 2.45) is 0 Å². The molecular weight excluding hydrogens is 539 g/mol. The molecule has 3 aromatic carbocycles. The number of rotatable bonds is 8. The van der Waals surface area contributed by atoms with Crippen LogP contribution in [0.2, 0.25) is 10.0 Å². The normalized spacial score (nSPS) is 11.1. The quantitative estimate of drug-likeness (QED) is 0.369. The van der Waals surface area contributed by atoms with Crippen molar-refractivity contribution in [2.75, 3.05) is 22.8 Å². The van der Waals surface area contributed by atoms with Crippen molar-refractivity contribution in [3.05, 3.63) is 81.2 Å². The lowest BCUT2D eigenvalue weighted by atomic mass is 10.3. The molecule has 0 aliphatic carbocycles. The largest absolute Gasteiger partial charge is 0.494 e. The van der Waals surface area contributed by atoms with Gasteiger partial charge in [0.2, 0.25) is 5.91 Å². The van der Waals surface area contributed by atoms with Crippen LogP contribution in [0.5, 0.6) is 5.75 Å². The number of anilines is 2. The zero-order chi connectivity index (χ0) is 23.3. The minimum Gasteiger partial charge on any atom is -0.494 e. The second-order valence-electron chi connectivity index (χ2n) is 6.57. The van der Waals surface area contributed by atoms with E-state index in [0.717, 1.165) is 4.31 Å². The van der Waals surface area contributed by atoms with Gasteiger partial charge in [-0.05, 0) is 89.6 Å². The molecule has 168 valence electrons. The van der Waals surface area contributed by atoms with Gasteiger partial charge in [0.1, 0.15) is 12.3 Å². The van der Waals surface area contributed by atoms with Crippen LogP contribution in [0.3, 0.4) is 0 Å². The lowest BCUT2D eigenvalue weighted by Gasteiger charge is -2.24. The van der Waals surface area contributed by atoms with E-state index in [4.69, 9.17) is 27.9 Å². The number of hydrogen-bond donors (Lipinski definition) is 1. The van der Waals surface area contributed by atoms with Crippen LogP contribution in [-0.4, -0.2) is 27.5 Å². The summed E-state index contributed by atoms with van der Waals surface area (Å²) in [5.41, 5.74) is 0.756. The molecule has 0 aliphatic rings. The number of hydrogen-bond acceptors (Lipinski definition) is 4. The number of nitrogens with one attached hydrogen (secondary N) is 1. The van der Waals surface area contributed by atoms with Gasteiger partial charge in [0.15, 0.2) is 0 Å². The van der Waals surface area contributed by atoms with Gasteiger partial charge in [0, 0.05) is 15.2 Å². The topological polar surface area (TPSA) is 75.7 Å². The second-order valence-corrected chi connectivity index (χ2v) is 10.1. The van der Waals surface area contributed by atoms with Crippen LogP contribution in [0.1, 0.15) is 6.92 Å². The monoisotopic (exact) mass is 556 g/mol. The van der Waals surface area contributed by atoms with Gasteiger partial charge in [0.25, 0.3) is 10.0 Å². The molecule has 32 heavy (non-hydrogen) atoms. The Kier molecular flexibility index (Phi) is 8.05. The number of benzene rings is 3. The standard InChI is InChI=1S/C22H19BrCl2N2O4S/c1-2-31-18-8-6-17(7-9-18)27(32(29,30)19-10-3-15(24)4-11-19)14-22(28)26-16-5-12-20(23)21(25)13-16/h3-13H,2,14H2,1H3,(H,26,28). The van der Waals surface area contributed by atoms with Crippen molar-refractivity contribution in [3.63, 3.8) is 0 Å². The summed E-state index contributed by atoms with van der Waals surface area (Å²) in [5, 5.41) is 3.50. The molecule has 6 nitrogen and oxygen atoms in total. The molecule has 3 aromatic rings. The average Bonchev–Trinajstić information content (AvgIpc) is 2.76. The minimum atomic E-state index is -4.06. The van der Waals surface area contributed by atoms with Crippen LogP contribution in [0, 0.1) is 0 Å².